The van der Waals surface area contributed by atoms with Crippen LogP contribution in [0.1, 0.15) is 5.56 Å². The van der Waals surface area contributed by atoms with Gasteiger partial charge in [0.2, 0.25) is 0 Å². The number of amidine groups is 1. The van der Waals surface area contributed by atoms with Gasteiger partial charge < -0.3 is 0 Å². The van der Waals surface area contributed by atoms with Crippen molar-refractivity contribution in [3.05, 3.63) is 125 Å². The Morgan fingerprint density at radius 3 is 2.45 bits per heavy atom. The van der Waals surface area contributed by atoms with Crippen molar-refractivity contribution in [2.24, 2.45) is 4.99 Å². The molecular formula is C31H23ClN6O3S3. The van der Waals surface area contributed by atoms with Gasteiger partial charge >= 0.3 is 0 Å². The van der Waals surface area contributed by atoms with Crippen LogP contribution in [0, 0.1) is 0 Å². The normalized spacial score (nSPS) is 15.3. The molecule has 0 atom stereocenters. The van der Waals surface area contributed by atoms with Crippen molar-refractivity contribution < 1.29 is 13.2 Å². The van der Waals surface area contributed by atoms with Crippen molar-refractivity contribution in [2.75, 3.05) is 11.3 Å². The number of aliphatic imine (C=N–C) groups is 1. The van der Waals surface area contributed by atoms with E-state index in [9.17, 15) is 13.2 Å². The van der Waals surface area contributed by atoms with Gasteiger partial charge in [0.15, 0.2) is 10.3 Å². The van der Waals surface area contributed by atoms with E-state index in [2.05, 4.69) is 21.3 Å². The molecule has 6 rings (SSSR count). The van der Waals surface area contributed by atoms with Gasteiger partial charge in [-0.15, -0.1) is 17.9 Å². The molecular weight excluding hydrogens is 636 g/mol. The van der Waals surface area contributed by atoms with Crippen LogP contribution in [0.4, 0.5) is 10.8 Å². The number of nitrogens with one attached hydrogen (secondary N) is 1. The first-order valence-corrected chi connectivity index (χ1v) is 16.7. The third-order valence-corrected chi connectivity index (χ3v) is 9.82. The van der Waals surface area contributed by atoms with Gasteiger partial charge in [0, 0.05) is 40.5 Å². The highest BCUT2D eigenvalue weighted by Crippen LogP contribution is 2.36. The molecule has 1 fully saturated rings. The standard InChI is InChI=1S/C31H23ClN6O3S3/c1-2-17-37-29(39)27(43-31(37)34-24-12-14-26(15-13-24)44(40,41)36-30-33-16-18-42-30)19-22-20-38(25-6-4-3-5-7-25)35-28(22)21-8-10-23(32)11-9-21/h2-16,18-20H,1,17H2,(H,33,36)/b27-19-,34-31?. The fraction of sp³-hybridized carbons (Fsp3) is 0.0323. The van der Waals surface area contributed by atoms with Crippen LogP contribution in [0.3, 0.4) is 0 Å². The molecule has 5 aromatic rings. The van der Waals surface area contributed by atoms with Gasteiger partial charge in [-0.1, -0.05) is 48.0 Å². The van der Waals surface area contributed by atoms with E-state index in [1.165, 1.54) is 46.3 Å². The van der Waals surface area contributed by atoms with Gasteiger partial charge in [0.05, 0.1) is 26.9 Å². The number of hydrogen-bond donors (Lipinski definition) is 1. The number of anilines is 1. The van der Waals surface area contributed by atoms with Gasteiger partial charge in [-0.2, -0.15) is 5.10 Å². The van der Waals surface area contributed by atoms with E-state index in [-0.39, 0.29) is 22.5 Å². The molecule has 1 aliphatic rings. The summed E-state index contributed by atoms with van der Waals surface area (Å²) in [6.07, 6.45) is 6.84. The molecule has 2 aromatic heterocycles. The second-order valence-electron chi connectivity index (χ2n) is 9.37. The Hall–Kier alpha value is -4.49. The number of hydrogen-bond acceptors (Lipinski definition) is 8. The number of thiazole rings is 1. The lowest BCUT2D eigenvalue weighted by molar-refractivity contribution is -0.121. The van der Waals surface area contributed by atoms with E-state index in [0.717, 1.165) is 16.8 Å². The summed E-state index contributed by atoms with van der Waals surface area (Å²) in [5.74, 6) is -0.227. The summed E-state index contributed by atoms with van der Waals surface area (Å²) in [4.78, 5) is 24.3. The first kappa shape index (κ1) is 29.6. The first-order valence-electron chi connectivity index (χ1n) is 13.1. The molecule has 1 amide bonds. The fourth-order valence-electron chi connectivity index (χ4n) is 4.32. The maximum Gasteiger partial charge on any atom is 0.267 e. The second-order valence-corrected chi connectivity index (χ2v) is 13.4. The molecule has 1 N–H and O–H groups in total. The summed E-state index contributed by atoms with van der Waals surface area (Å²) in [5.41, 5.74) is 3.65. The molecule has 0 saturated carbocycles. The summed E-state index contributed by atoms with van der Waals surface area (Å²) in [6.45, 7) is 4.05. The van der Waals surface area contributed by atoms with Crippen LogP contribution in [-0.4, -0.2) is 45.7 Å². The number of rotatable bonds is 9. The minimum absolute atomic E-state index is 0.0699. The van der Waals surface area contributed by atoms with Crippen molar-refractivity contribution in [1.29, 1.82) is 0 Å². The Labute approximate surface area is 267 Å². The van der Waals surface area contributed by atoms with Gasteiger partial charge in [-0.3, -0.25) is 14.4 Å². The number of aromatic nitrogens is 3. The number of benzene rings is 3. The van der Waals surface area contributed by atoms with Gasteiger partial charge in [-0.05, 0) is 66.4 Å². The lowest BCUT2D eigenvalue weighted by Crippen LogP contribution is -2.29. The smallest absolute Gasteiger partial charge is 0.267 e. The number of thioether (sulfide) groups is 1. The van der Waals surface area contributed by atoms with E-state index in [1.807, 2.05) is 54.7 Å². The Morgan fingerprint density at radius 2 is 1.77 bits per heavy atom. The van der Waals surface area contributed by atoms with Crippen LogP contribution in [-0.2, 0) is 14.8 Å². The van der Waals surface area contributed by atoms with E-state index in [0.29, 0.717) is 26.5 Å². The molecule has 3 aromatic carbocycles. The molecule has 0 unspecified atom stereocenters. The Morgan fingerprint density at radius 1 is 1.02 bits per heavy atom. The van der Waals surface area contributed by atoms with E-state index >= 15 is 0 Å². The quantitative estimate of drug-likeness (QED) is 0.132. The van der Waals surface area contributed by atoms with Crippen LogP contribution in [0.25, 0.3) is 23.0 Å². The number of amides is 1. The zero-order chi connectivity index (χ0) is 30.7. The van der Waals surface area contributed by atoms with Gasteiger partial charge in [-0.25, -0.2) is 23.1 Å². The van der Waals surface area contributed by atoms with Crippen molar-refractivity contribution in [3.8, 4) is 16.9 Å². The minimum atomic E-state index is -3.80. The summed E-state index contributed by atoms with van der Waals surface area (Å²) in [6, 6.07) is 23.2. The summed E-state index contributed by atoms with van der Waals surface area (Å²) < 4.78 is 29.7. The number of carbonyl (C=O) groups is 1. The molecule has 1 saturated heterocycles. The summed E-state index contributed by atoms with van der Waals surface area (Å²) >= 11 is 8.55. The van der Waals surface area contributed by atoms with Crippen LogP contribution in [0.2, 0.25) is 5.02 Å². The predicted molar refractivity (Wildman–Crippen MR) is 178 cm³/mol. The number of para-hydroxylation sites is 1. The van der Waals surface area contributed by atoms with E-state index < -0.39 is 10.0 Å². The SMILES string of the molecule is C=CCN1C(=O)/C(=C/c2cn(-c3ccccc3)nc2-c2ccc(Cl)cc2)SC1=Nc1ccc(S(=O)(=O)Nc2nccs2)cc1. The maximum atomic E-state index is 13.6. The van der Waals surface area contributed by atoms with Crippen molar-refractivity contribution >= 4 is 72.7 Å². The van der Waals surface area contributed by atoms with Crippen LogP contribution < -0.4 is 4.72 Å². The van der Waals surface area contributed by atoms with E-state index in [4.69, 9.17) is 16.7 Å². The number of halogens is 1. The first-order chi connectivity index (χ1) is 21.3. The highest BCUT2D eigenvalue weighted by molar-refractivity contribution is 8.18. The lowest BCUT2D eigenvalue weighted by atomic mass is 10.1. The molecule has 13 heteroatoms. The topological polar surface area (TPSA) is 110 Å². The average Bonchev–Trinajstić information content (AvgIpc) is 3.76. The largest absolute Gasteiger partial charge is 0.283 e. The highest BCUT2D eigenvalue weighted by atomic mass is 35.5. The zero-order valence-electron chi connectivity index (χ0n) is 22.9. The number of nitrogens with zero attached hydrogens (tertiary/aromatic N) is 5. The molecule has 1 aliphatic heterocycles. The summed E-state index contributed by atoms with van der Waals surface area (Å²) in [7, 11) is -3.80. The lowest BCUT2D eigenvalue weighted by Gasteiger charge is -2.12. The minimum Gasteiger partial charge on any atom is -0.283 e. The van der Waals surface area contributed by atoms with Crippen molar-refractivity contribution in [1.82, 2.24) is 19.7 Å². The molecule has 0 radical (unpaired) electrons. The van der Waals surface area contributed by atoms with Crippen molar-refractivity contribution in [3.63, 3.8) is 0 Å². The molecule has 0 spiro atoms. The molecule has 9 nitrogen and oxygen atoms in total. The monoisotopic (exact) mass is 658 g/mol. The molecule has 3 heterocycles. The fourth-order valence-corrected chi connectivity index (χ4v) is 7.23. The predicted octanol–water partition coefficient (Wildman–Crippen LogP) is 7.24. The highest BCUT2D eigenvalue weighted by Gasteiger charge is 2.33. The average molecular weight is 659 g/mol. The number of sulfonamides is 1. The van der Waals surface area contributed by atoms with E-state index in [1.54, 1.807) is 40.4 Å². The van der Waals surface area contributed by atoms with Crippen LogP contribution >= 0.6 is 34.7 Å². The second kappa shape index (κ2) is 12.6. The van der Waals surface area contributed by atoms with Gasteiger partial charge in [0.1, 0.15) is 0 Å². The molecule has 220 valence electrons. The van der Waals surface area contributed by atoms with Crippen molar-refractivity contribution in [2.45, 2.75) is 4.90 Å². The van der Waals surface area contributed by atoms with Crippen LogP contribution in [0.15, 0.2) is 124 Å². The van der Waals surface area contributed by atoms with Gasteiger partial charge in [0.25, 0.3) is 15.9 Å². The zero-order valence-corrected chi connectivity index (χ0v) is 26.1. The third kappa shape index (κ3) is 6.38. The Balaban J connectivity index is 1.33. The van der Waals surface area contributed by atoms with Crippen LogP contribution in [0.5, 0.6) is 0 Å². The maximum absolute atomic E-state index is 13.6. The molecule has 44 heavy (non-hydrogen) atoms. The molecule has 0 bridgehead atoms. The summed E-state index contributed by atoms with van der Waals surface area (Å²) in [5, 5.41) is 7.85. The number of carbonyl (C=O) groups excluding carboxylic acids is 1. The Bertz CT molecular complexity index is 1990. The third-order valence-electron chi connectivity index (χ3n) is 6.39. The molecule has 0 aliphatic carbocycles. The Kier molecular flexibility index (Phi) is 8.49.